The van der Waals surface area contributed by atoms with Gasteiger partial charge in [-0.25, -0.2) is 0 Å². The van der Waals surface area contributed by atoms with Gasteiger partial charge in [0.15, 0.2) is 0 Å². The van der Waals surface area contributed by atoms with E-state index in [-0.39, 0.29) is 0 Å². The standard InChI is InChI=1S/C15H21Cl2N/c1-11-5-3-2-4-6-15(11)18-10-12-9-13(16)7-8-14(12)17/h7-9,11,15,18H,2-6,10H2,1H3. The Bertz CT molecular complexity index is 392. The molecular weight excluding hydrogens is 265 g/mol. The van der Waals surface area contributed by atoms with Crippen molar-refractivity contribution in [3.63, 3.8) is 0 Å². The van der Waals surface area contributed by atoms with Gasteiger partial charge in [-0.05, 0) is 42.5 Å². The van der Waals surface area contributed by atoms with Crippen LogP contribution in [0, 0.1) is 5.92 Å². The summed E-state index contributed by atoms with van der Waals surface area (Å²) in [5, 5.41) is 5.21. The lowest BCUT2D eigenvalue weighted by atomic mass is 9.97. The fourth-order valence-electron chi connectivity index (χ4n) is 2.72. The van der Waals surface area contributed by atoms with Crippen molar-refractivity contribution in [3.05, 3.63) is 33.8 Å². The first-order valence-electron chi connectivity index (χ1n) is 6.84. The van der Waals surface area contributed by atoms with Crippen molar-refractivity contribution in [1.82, 2.24) is 5.32 Å². The van der Waals surface area contributed by atoms with E-state index < -0.39 is 0 Å². The third-order valence-electron chi connectivity index (χ3n) is 3.92. The second-order valence-electron chi connectivity index (χ2n) is 5.34. The third kappa shape index (κ3) is 3.88. The lowest BCUT2D eigenvalue weighted by Crippen LogP contribution is -2.33. The van der Waals surface area contributed by atoms with Crippen LogP contribution in [0.3, 0.4) is 0 Å². The molecule has 0 amide bonds. The zero-order valence-corrected chi connectivity index (χ0v) is 12.4. The summed E-state index contributed by atoms with van der Waals surface area (Å²) >= 11 is 12.2. The average Bonchev–Trinajstić information content (AvgIpc) is 2.55. The molecule has 0 aliphatic heterocycles. The van der Waals surface area contributed by atoms with Crippen molar-refractivity contribution in [2.24, 2.45) is 5.92 Å². The molecule has 18 heavy (non-hydrogen) atoms. The van der Waals surface area contributed by atoms with Gasteiger partial charge in [0.05, 0.1) is 0 Å². The maximum atomic E-state index is 6.18. The molecule has 2 rings (SSSR count). The minimum atomic E-state index is 0.613. The van der Waals surface area contributed by atoms with Crippen LogP contribution in [0.4, 0.5) is 0 Å². The highest BCUT2D eigenvalue weighted by Gasteiger charge is 2.19. The van der Waals surface area contributed by atoms with E-state index in [2.05, 4.69) is 12.2 Å². The van der Waals surface area contributed by atoms with E-state index in [1.54, 1.807) is 0 Å². The Labute approximate surface area is 120 Å². The van der Waals surface area contributed by atoms with Crippen LogP contribution in [0.5, 0.6) is 0 Å². The maximum Gasteiger partial charge on any atom is 0.0451 e. The Morgan fingerprint density at radius 1 is 1.17 bits per heavy atom. The van der Waals surface area contributed by atoms with Crippen molar-refractivity contribution in [3.8, 4) is 0 Å². The lowest BCUT2D eigenvalue weighted by molar-refractivity contribution is 0.356. The zero-order chi connectivity index (χ0) is 13.0. The number of benzene rings is 1. The maximum absolute atomic E-state index is 6.18. The predicted octanol–water partition coefficient (Wildman–Crippen LogP) is 5.05. The Morgan fingerprint density at radius 2 is 1.94 bits per heavy atom. The Balaban J connectivity index is 1.95. The van der Waals surface area contributed by atoms with Crippen LogP contribution < -0.4 is 5.32 Å². The van der Waals surface area contributed by atoms with Crippen LogP contribution in [0.1, 0.15) is 44.6 Å². The molecule has 1 N–H and O–H groups in total. The fraction of sp³-hybridized carbons (Fsp3) is 0.600. The van der Waals surface area contributed by atoms with Gasteiger partial charge in [-0.15, -0.1) is 0 Å². The summed E-state index contributed by atoms with van der Waals surface area (Å²) in [5.41, 5.74) is 1.10. The van der Waals surface area contributed by atoms with Gasteiger partial charge in [-0.2, -0.15) is 0 Å². The molecule has 1 fully saturated rings. The van der Waals surface area contributed by atoms with Crippen LogP contribution in [-0.2, 0) is 6.54 Å². The van der Waals surface area contributed by atoms with E-state index in [1.807, 2.05) is 18.2 Å². The predicted molar refractivity (Wildman–Crippen MR) is 79.3 cm³/mol. The van der Waals surface area contributed by atoms with E-state index >= 15 is 0 Å². The largest absolute Gasteiger partial charge is 0.310 e. The van der Waals surface area contributed by atoms with Gasteiger partial charge in [0, 0.05) is 22.6 Å². The summed E-state index contributed by atoms with van der Waals surface area (Å²) < 4.78 is 0. The van der Waals surface area contributed by atoms with Crippen molar-refractivity contribution >= 4 is 23.2 Å². The third-order valence-corrected chi connectivity index (χ3v) is 4.53. The first kappa shape index (κ1) is 14.2. The van der Waals surface area contributed by atoms with E-state index in [9.17, 15) is 0 Å². The molecule has 2 unspecified atom stereocenters. The van der Waals surface area contributed by atoms with E-state index in [1.165, 1.54) is 32.1 Å². The number of halogens is 2. The molecule has 1 saturated carbocycles. The molecule has 0 spiro atoms. The summed E-state index contributed by atoms with van der Waals surface area (Å²) in [5.74, 6) is 0.755. The zero-order valence-electron chi connectivity index (χ0n) is 10.9. The molecule has 1 nitrogen and oxygen atoms in total. The summed E-state index contributed by atoms with van der Waals surface area (Å²) in [6.45, 7) is 3.16. The Kier molecular flexibility index (Phi) is 5.35. The van der Waals surface area contributed by atoms with Crippen molar-refractivity contribution in [1.29, 1.82) is 0 Å². The van der Waals surface area contributed by atoms with E-state index in [4.69, 9.17) is 23.2 Å². The number of rotatable bonds is 3. The van der Waals surface area contributed by atoms with Crippen LogP contribution in [0.25, 0.3) is 0 Å². The molecule has 1 aliphatic rings. The van der Waals surface area contributed by atoms with Gasteiger partial charge >= 0.3 is 0 Å². The second kappa shape index (κ2) is 6.79. The van der Waals surface area contributed by atoms with Crippen LogP contribution in [-0.4, -0.2) is 6.04 Å². The quantitative estimate of drug-likeness (QED) is 0.766. The van der Waals surface area contributed by atoms with Crippen molar-refractivity contribution in [2.45, 2.75) is 51.6 Å². The number of nitrogens with one attached hydrogen (secondary N) is 1. The molecule has 0 aromatic heterocycles. The van der Waals surface area contributed by atoms with Crippen LogP contribution in [0.2, 0.25) is 10.0 Å². The number of hydrogen-bond acceptors (Lipinski definition) is 1. The number of hydrogen-bond donors (Lipinski definition) is 1. The molecule has 100 valence electrons. The molecule has 0 saturated heterocycles. The van der Waals surface area contributed by atoms with Gasteiger partial charge in [-0.3, -0.25) is 0 Å². The second-order valence-corrected chi connectivity index (χ2v) is 6.18. The normalized spacial score (nSPS) is 24.8. The molecule has 1 aliphatic carbocycles. The monoisotopic (exact) mass is 285 g/mol. The lowest BCUT2D eigenvalue weighted by Gasteiger charge is -2.23. The fourth-order valence-corrected chi connectivity index (χ4v) is 3.10. The van der Waals surface area contributed by atoms with Crippen molar-refractivity contribution < 1.29 is 0 Å². The minimum Gasteiger partial charge on any atom is -0.310 e. The SMILES string of the molecule is CC1CCCCCC1NCc1cc(Cl)ccc1Cl. The first-order valence-corrected chi connectivity index (χ1v) is 7.59. The highest BCUT2D eigenvalue weighted by atomic mass is 35.5. The van der Waals surface area contributed by atoms with E-state index in [0.717, 1.165) is 28.1 Å². The smallest absolute Gasteiger partial charge is 0.0451 e. The van der Waals surface area contributed by atoms with E-state index in [0.29, 0.717) is 6.04 Å². The highest BCUT2D eigenvalue weighted by Crippen LogP contribution is 2.25. The molecule has 1 aromatic carbocycles. The van der Waals surface area contributed by atoms with Gasteiger partial charge in [0.2, 0.25) is 0 Å². The molecule has 0 heterocycles. The molecular formula is C15H21Cl2N. The van der Waals surface area contributed by atoms with Gasteiger partial charge in [0.1, 0.15) is 0 Å². The summed E-state index contributed by atoms with van der Waals surface area (Å²) in [6, 6.07) is 6.28. The summed E-state index contributed by atoms with van der Waals surface area (Å²) in [6.07, 6.45) is 6.70. The molecule has 0 radical (unpaired) electrons. The van der Waals surface area contributed by atoms with Gasteiger partial charge < -0.3 is 5.32 Å². The summed E-state index contributed by atoms with van der Waals surface area (Å²) in [7, 11) is 0. The highest BCUT2D eigenvalue weighted by molar-refractivity contribution is 6.33. The summed E-state index contributed by atoms with van der Waals surface area (Å²) in [4.78, 5) is 0. The van der Waals surface area contributed by atoms with Gasteiger partial charge in [-0.1, -0.05) is 49.4 Å². The van der Waals surface area contributed by atoms with Crippen molar-refractivity contribution in [2.75, 3.05) is 0 Å². The molecule has 1 aromatic rings. The first-order chi connectivity index (χ1) is 8.66. The Morgan fingerprint density at radius 3 is 2.78 bits per heavy atom. The minimum absolute atomic E-state index is 0.613. The van der Waals surface area contributed by atoms with Crippen LogP contribution >= 0.6 is 23.2 Å². The average molecular weight is 286 g/mol. The topological polar surface area (TPSA) is 12.0 Å². The van der Waals surface area contributed by atoms with Gasteiger partial charge in [0.25, 0.3) is 0 Å². The Hall–Kier alpha value is -0.240. The molecule has 2 atom stereocenters. The molecule has 0 bridgehead atoms. The van der Waals surface area contributed by atoms with Crippen LogP contribution in [0.15, 0.2) is 18.2 Å². The molecule has 3 heteroatoms.